The molecule has 14 heavy (non-hydrogen) atoms. The van der Waals surface area contributed by atoms with Gasteiger partial charge in [-0.2, -0.15) is 0 Å². The molecule has 0 unspecified atom stereocenters. The molecule has 1 saturated carbocycles. The molecule has 0 heterocycles. The Bertz CT molecular complexity index is 226. The van der Waals surface area contributed by atoms with Crippen LogP contribution in [0.5, 0.6) is 0 Å². The monoisotopic (exact) mass is 200 g/mol. The lowest BCUT2D eigenvalue weighted by Gasteiger charge is -2.17. The van der Waals surface area contributed by atoms with E-state index in [4.69, 9.17) is 0 Å². The summed E-state index contributed by atoms with van der Waals surface area (Å²) in [7, 11) is 0. The van der Waals surface area contributed by atoms with Crippen molar-refractivity contribution in [3.05, 3.63) is 0 Å². The summed E-state index contributed by atoms with van der Waals surface area (Å²) in [6.45, 7) is 1.48. The van der Waals surface area contributed by atoms with Crippen LogP contribution in [-0.4, -0.2) is 34.5 Å². The predicted molar refractivity (Wildman–Crippen MR) is 49.6 cm³/mol. The first-order valence-electron chi connectivity index (χ1n) is 4.87. The van der Waals surface area contributed by atoms with Crippen molar-refractivity contribution < 1.29 is 19.8 Å². The van der Waals surface area contributed by atoms with Crippen LogP contribution in [0.2, 0.25) is 0 Å². The number of aldehydes is 1. The third kappa shape index (κ3) is 2.39. The van der Waals surface area contributed by atoms with Gasteiger partial charge in [0.05, 0.1) is 12.2 Å². The predicted octanol–water partition coefficient (Wildman–Crippen LogP) is -0.0876. The van der Waals surface area contributed by atoms with Crippen molar-refractivity contribution in [2.45, 2.75) is 38.4 Å². The van der Waals surface area contributed by atoms with Crippen molar-refractivity contribution in [2.24, 2.45) is 11.8 Å². The van der Waals surface area contributed by atoms with E-state index in [1.54, 1.807) is 0 Å². The fourth-order valence-electron chi connectivity index (χ4n) is 2.07. The molecule has 1 aliphatic carbocycles. The van der Waals surface area contributed by atoms with Gasteiger partial charge in [0, 0.05) is 18.8 Å². The number of aliphatic hydroxyl groups is 2. The highest BCUT2D eigenvalue weighted by Crippen LogP contribution is 2.34. The van der Waals surface area contributed by atoms with Gasteiger partial charge < -0.3 is 19.8 Å². The van der Waals surface area contributed by atoms with Gasteiger partial charge >= 0.3 is 0 Å². The molecule has 0 aromatic heterocycles. The highest BCUT2D eigenvalue weighted by molar-refractivity contribution is 5.75. The molecule has 0 amide bonds. The van der Waals surface area contributed by atoms with Gasteiger partial charge in [-0.05, 0) is 19.3 Å². The van der Waals surface area contributed by atoms with E-state index in [0.29, 0.717) is 19.1 Å². The van der Waals surface area contributed by atoms with Crippen molar-refractivity contribution in [1.82, 2.24) is 0 Å². The third-order valence-electron chi connectivity index (χ3n) is 2.90. The first-order valence-corrected chi connectivity index (χ1v) is 4.87. The van der Waals surface area contributed by atoms with Crippen LogP contribution < -0.4 is 0 Å². The minimum absolute atomic E-state index is 0.0447. The number of rotatable bonds is 4. The SMILES string of the molecule is CC(=O)CC[C@H]1[C@@H](C=O)[C@H](O)C[C@@H]1O. The van der Waals surface area contributed by atoms with E-state index in [-0.39, 0.29) is 18.1 Å². The fourth-order valence-corrected chi connectivity index (χ4v) is 2.07. The molecule has 1 aliphatic rings. The number of aliphatic hydroxyl groups excluding tert-OH is 2. The Hall–Kier alpha value is -0.740. The smallest absolute Gasteiger partial charge is 0.129 e. The van der Waals surface area contributed by atoms with Crippen molar-refractivity contribution in [1.29, 1.82) is 0 Å². The number of Topliss-reactive ketones (excluding diaryl/α,β-unsaturated/α-hetero) is 1. The van der Waals surface area contributed by atoms with Crippen LogP contribution in [0.1, 0.15) is 26.2 Å². The summed E-state index contributed by atoms with van der Waals surface area (Å²) in [5, 5.41) is 19.0. The summed E-state index contributed by atoms with van der Waals surface area (Å²) in [6, 6.07) is 0. The zero-order valence-electron chi connectivity index (χ0n) is 8.22. The maximum Gasteiger partial charge on any atom is 0.129 e. The molecule has 2 N–H and O–H groups in total. The minimum atomic E-state index is -0.751. The van der Waals surface area contributed by atoms with E-state index in [1.807, 2.05) is 0 Å². The van der Waals surface area contributed by atoms with Gasteiger partial charge in [-0.15, -0.1) is 0 Å². The van der Waals surface area contributed by atoms with Gasteiger partial charge in [-0.1, -0.05) is 0 Å². The zero-order valence-corrected chi connectivity index (χ0v) is 8.22. The van der Waals surface area contributed by atoms with Crippen molar-refractivity contribution in [3.63, 3.8) is 0 Å². The van der Waals surface area contributed by atoms with Gasteiger partial charge in [-0.3, -0.25) is 0 Å². The maximum absolute atomic E-state index is 10.8. The van der Waals surface area contributed by atoms with Crippen LogP contribution in [0.3, 0.4) is 0 Å². The zero-order chi connectivity index (χ0) is 10.7. The van der Waals surface area contributed by atoms with E-state index in [1.165, 1.54) is 6.92 Å². The van der Waals surface area contributed by atoms with Crippen molar-refractivity contribution in [3.8, 4) is 0 Å². The van der Waals surface area contributed by atoms with Gasteiger partial charge in [0.1, 0.15) is 12.1 Å². The number of carbonyl (C=O) groups is 2. The number of hydrogen-bond acceptors (Lipinski definition) is 4. The first-order chi connectivity index (χ1) is 6.56. The number of hydrogen-bond donors (Lipinski definition) is 2. The van der Waals surface area contributed by atoms with E-state index in [0.717, 1.165) is 0 Å². The Labute approximate surface area is 82.9 Å². The molecule has 0 radical (unpaired) electrons. The highest BCUT2D eigenvalue weighted by atomic mass is 16.3. The second-order valence-corrected chi connectivity index (χ2v) is 3.99. The standard InChI is InChI=1S/C10H16O4/c1-6(12)2-3-7-8(5-11)10(14)4-9(7)13/h5,7-10,13-14H,2-4H2,1H3/t7-,8+,9-,10+/m0/s1. The summed E-state index contributed by atoms with van der Waals surface area (Å²) in [6.07, 6.45) is 0.368. The molecule has 4 heteroatoms. The highest BCUT2D eigenvalue weighted by Gasteiger charge is 2.41. The Balaban J connectivity index is 2.55. The van der Waals surface area contributed by atoms with Crippen molar-refractivity contribution in [2.75, 3.05) is 0 Å². The minimum Gasteiger partial charge on any atom is -0.393 e. The van der Waals surface area contributed by atoms with Crippen LogP contribution in [0.25, 0.3) is 0 Å². The van der Waals surface area contributed by atoms with Crippen LogP contribution in [0, 0.1) is 11.8 Å². The Morgan fingerprint density at radius 2 is 2.07 bits per heavy atom. The molecule has 1 rings (SSSR count). The summed E-state index contributed by atoms with van der Waals surface area (Å²) < 4.78 is 0. The third-order valence-corrected chi connectivity index (χ3v) is 2.90. The van der Waals surface area contributed by atoms with Crippen LogP contribution >= 0.6 is 0 Å². The molecule has 0 aromatic carbocycles. The van der Waals surface area contributed by atoms with Gasteiger partial charge in [0.25, 0.3) is 0 Å². The average Bonchev–Trinajstić information content (AvgIpc) is 2.36. The molecule has 80 valence electrons. The van der Waals surface area contributed by atoms with Gasteiger partial charge in [0.2, 0.25) is 0 Å². The Morgan fingerprint density at radius 3 is 2.57 bits per heavy atom. The topological polar surface area (TPSA) is 74.6 Å². The second kappa shape index (κ2) is 4.66. The molecule has 4 nitrogen and oxygen atoms in total. The van der Waals surface area contributed by atoms with Crippen LogP contribution in [0.4, 0.5) is 0 Å². The lowest BCUT2D eigenvalue weighted by molar-refractivity contribution is -0.119. The largest absolute Gasteiger partial charge is 0.393 e. The first kappa shape index (κ1) is 11.3. The van der Waals surface area contributed by atoms with Crippen molar-refractivity contribution >= 4 is 12.1 Å². The average molecular weight is 200 g/mol. The van der Waals surface area contributed by atoms with Gasteiger partial charge in [0.15, 0.2) is 0 Å². The molecule has 0 bridgehead atoms. The summed E-state index contributed by atoms with van der Waals surface area (Å²) in [4.78, 5) is 21.4. The molecular weight excluding hydrogens is 184 g/mol. The molecule has 4 atom stereocenters. The normalized spacial score (nSPS) is 37.1. The molecule has 1 fully saturated rings. The van der Waals surface area contributed by atoms with E-state index < -0.39 is 18.1 Å². The number of ketones is 1. The fraction of sp³-hybridized carbons (Fsp3) is 0.800. The molecule has 0 spiro atoms. The quantitative estimate of drug-likeness (QED) is 0.622. The second-order valence-electron chi connectivity index (χ2n) is 3.99. The molecule has 0 saturated heterocycles. The molecule has 0 aliphatic heterocycles. The van der Waals surface area contributed by atoms with Crippen LogP contribution in [-0.2, 0) is 9.59 Å². The molecular formula is C10H16O4. The van der Waals surface area contributed by atoms with E-state index >= 15 is 0 Å². The Morgan fingerprint density at radius 1 is 1.43 bits per heavy atom. The summed E-state index contributed by atoms with van der Waals surface area (Å²) >= 11 is 0. The lowest BCUT2D eigenvalue weighted by Crippen LogP contribution is -2.23. The summed E-state index contributed by atoms with van der Waals surface area (Å²) in [5.74, 6) is -0.723. The summed E-state index contributed by atoms with van der Waals surface area (Å²) in [5.41, 5.74) is 0. The van der Waals surface area contributed by atoms with Crippen LogP contribution in [0.15, 0.2) is 0 Å². The van der Waals surface area contributed by atoms with E-state index in [2.05, 4.69) is 0 Å². The number of carbonyl (C=O) groups excluding carboxylic acids is 2. The molecule has 0 aromatic rings. The maximum atomic E-state index is 10.8. The lowest BCUT2D eigenvalue weighted by atomic mass is 9.90. The van der Waals surface area contributed by atoms with E-state index in [9.17, 15) is 19.8 Å². The van der Waals surface area contributed by atoms with Gasteiger partial charge in [-0.25, -0.2) is 0 Å². The Kier molecular flexibility index (Phi) is 3.77.